The van der Waals surface area contributed by atoms with Crippen LogP contribution in [0.3, 0.4) is 0 Å². The van der Waals surface area contributed by atoms with Gasteiger partial charge in [0.15, 0.2) is 26.9 Å². The van der Waals surface area contributed by atoms with Crippen LogP contribution in [0.5, 0.6) is 17.2 Å². The highest BCUT2D eigenvalue weighted by Gasteiger charge is 2.43. The fourth-order valence-corrected chi connectivity index (χ4v) is 11.6. The van der Waals surface area contributed by atoms with Gasteiger partial charge in [-0.15, -0.1) is 0 Å². The zero-order valence-corrected chi connectivity index (χ0v) is 38.6. The predicted octanol–water partition coefficient (Wildman–Crippen LogP) is 9.28. The molecule has 0 bridgehead atoms. The van der Waals surface area contributed by atoms with Crippen LogP contribution in [-0.2, 0) is 45.6 Å². The molecule has 3 atom stereocenters. The number of carbonyl (C=O) groups is 2. The fourth-order valence-electron chi connectivity index (χ4n) is 8.13. The largest absolute Gasteiger partial charge is 0.489 e. The number of sulfonamides is 1. The molecule has 1 saturated carbocycles. The van der Waals surface area contributed by atoms with E-state index in [4.69, 9.17) is 42.7 Å². The van der Waals surface area contributed by atoms with E-state index in [1.807, 2.05) is 54.6 Å². The lowest BCUT2D eigenvalue weighted by Gasteiger charge is -2.36. The van der Waals surface area contributed by atoms with Crippen LogP contribution in [0.25, 0.3) is 11.1 Å². The van der Waals surface area contributed by atoms with Gasteiger partial charge in [0.1, 0.15) is 31.0 Å². The third-order valence-electron chi connectivity index (χ3n) is 12.0. The Morgan fingerprint density at radius 1 is 0.939 bits per heavy atom. The Hall–Kier alpha value is -6.15. The van der Waals surface area contributed by atoms with Gasteiger partial charge in [-0.3, -0.25) is 4.79 Å². The lowest BCUT2D eigenvalue weighted by molar-refractivity contribution is -0.142. The number of carbonyl (C=O) groups excluding carboxylic acids is 1. The van der Waals surface area contributed by atoms with Crippen molar-refractivity contribution in [1.82, 2.24) is 14.6 Å². The molecule has 0 radical (unpaired) electrons. The van der Waals surface area contributed by atoms with Gasteiger partial charge < -0.3 is 30.0 Å². The van der Waals surface area contributed by atoms with Gasteiger partial charge in [-0.1, -0.05) is 89.1 Å². The molecule has 5 aromatic carbocycles. The smallest absolute Gasteiger partial charge is 0.326 e. The fraction of sp³-hybridized carbons (Fsp3) is 0.265. The Morgan fingerprint density at radius 2 is 1.64 bits per heavy atom. The van der Waals surface area contributed by atoms with Crippen molar-refractivity contribution in [2.45, 2.75) is 80.6 Å². The van der Waals surface area contributed by atoms with Crippen LogP contribution in [0.4, 0.5) is 5.13 Å². The number of aryl methyl sites for hydroxylation is 1. The number of carboxylic acid groups (broad SMARTS) is 1. The van der Waals surface area contributed by atoms with E-state index in [-0.39, 0.29) is 36.2 Å². The number of aliphatic carboxylic acids is 1. The number of aromatic nitrogens is 1. The molecule has 1 amide bonds. The number of ether oxygens (including phenoxy) is 3. The van der Waals surface area contributed by atoms with Gasteiger partial charge in [0, 0.05) is 19.0 Å². The molecule has 13 nitrogen and oxygen atoms in total. The van der Waals surface area contributed by atoms with E-state index in [1.54, 1.807) is 55.5 Å². The van der Waals surface area contributed by atoms with Crippen LogP contribution in [0, 0.1) is 18.3 Å². The number of hydrogen-bond donors (Lipinski definition) is 3. The second-order valence-corrected chi connectivity index (χ2v) is 20.4. The monoisotopic (exact) mass is 963 g/mol. The molecule has 1 unspecified atom stereocenters. The maximum Gasteiger partial charge on any atom is 0.326 e. The topological polar surface area (TPSA) is 180 Å². The summed E-state index contributed by atoms with van der Waals surface area (Å²) in [6.07, 6.45) is 2.43. The molecule has 3 aliphatic rings. The van der Waals surface area contributed by atoms with Crippen molar-refractivity contribution in [3.8, 4) is 34.4 Å². The summed E-state index contributed by atoms with van der Waals surface area (Å²) >= 11 is 13.2. The highest BCUT2D eigenvalue weighted by Crippen LogP contribution is 2.43. The molecule has 0 saturated heterocycles. The number of halogens is 2. The van der Waals surface area contributed by atoms with Crippen molar-refractivity contribution >= 4 is 61.6 Å². The molecule has 1 aromatic heterocycles. The van der Waals surface area contributed by atoms with Gasteiger partial charge in [-0.25, -0.2) is 18.2 Å². The molecule has 1 aliphatic carbocycles. The van der Waals surface area contributed by atoms with E-state index in [1.165, 1.54) is 0 Å². The third kappa shape index (κ3) is 9.70. The van der Waals surface area contributed by atoms with E-state index in [9.17, 15) is 23.1 Å². The summed E-state index contributed by atoms with van der Waals surface area (Å²) < 4.78 is 49.4. The molecule has 1 fully saturated rings. The molecule has 6 aromatic rings. The standard InChI is InChI=1S/C49H43Cl2N5O8S2/c1-28-48(65-49(53-28)54-37-3-2-4-37)66(60,61)56-25-36-23-44-43(63-27-45(64-44)34-14-16-38(17-15-34)62-26-31-9-18-39(50)40(51)19-31)22-35(36)21-42(56)46(57)55-41(47(58)59)20-29-5-10-32(11-6-29)33-12-7-30(24-52)8-13-33/h5-19,22-23,37,41-42,45H,2-4,20-21,25-27H2,1H3,(H,53,54)(H,55,57)(H,58,59)/t41-,42?,45+/m0/s1. The van der Waals surface area contributed by atoms with Crippen molar-refractivity contribution in [3.63, 3.8) is 0 Å². The van der Waals surface area contributed by atoms with Crippen molar-refractivity contribution in [3.05, 3.63) is 152 Å². The second kappa shape index (κ2) is 19.0. The number of nitrogens with one attached hydrogen (secondary N) is 2. The molecular formula is C49H43Cl2N5O8S2. The molecule has 2 aliphatic heterocycles. The van der Waals surface area contributed by atoms with E-state index < -0.39 is 40.1 Å². The van der Waals surface area contributed by atoms with Gasteiger partial charge in [-0.05, 0) is 120 Å². The number of fused-ring (bicyclic) bond motifs is 2. The number of hydrogen-bond acceptors (Lipinski definition) is 11. The van der Waals surface area contributed by atoms with Crippen molar-refractivity contribution in [1.29, 1.82) is 5.26 Å². The first-order valence-corrected chi connectivity index (χ1v) is 24.3. The molecule has 338 valence electrons. The minimum atomic E-state index is -4.36. The quantitative estimate of drug-likeness (QED) is 0.0947. The minimum Gasteiger partial charge on any atom is -0.489 e. The van der Waals surface area contributed by atoms with Gasteiger partial charge >= 0.3 is 5.97 Å². The summed E-state index contributed by atoms with van der Waals surface area (Å²) in [5.41, 5.74) is 6.24. The average Bonchev–Trinajstić information content (AvgIpc) is 3.70. The number of benzene rings is 5. The first-order chi connectivity index (χ1) is 31.8. The Labute approximate surface area is 395 Å². The summed E-state index contributed by atoms with van der Waals surface area (Å²) in [4.78, 5) is 31.7. The van der Waals surface area contributed by atoms with Crippen LogP contribution < -0.4 is 24.8 Å². The van der Waals surface area contributed by atoms with E-state index in [2.05, 4.69) is 21.7 Å². The predicted molar refractivity (Wildman–Crippen MR) is 251 cm³/mol. The highest BCUT2D eigenvalue weighted by atomic mass is 35.5. The van der Waals surface area contributed by atoms with Gasteiger partial charge in [0.2, 0.25) is 5.91 Å². The average molecular weight is 965 g/mol. The lowest BCUT2D eigenvalue weighted by Crippen LogP contribution is -2.55. The number of rotatable bonds is 14. The zero-order valence-electron chi connectivity index (χ0n) is 35.5. The summed E-state index contributed by atoms with van der Waals surface area (Å²) in [5, 5.41) is 26.9. The van der Waals surface area contributed by atoms with Crippen molar-refractivity contribution in [2.24, 2.45) is 0 Å². The third-order valence-corrected chi connectivity index (χ3v) is 16.3. The van der Waals surface area contributed by atoms with E-state index >= 15 is 0 Å². The van der Waals surface area contributed by atoms with Crippen molar-refractivity contribution < 1.29 is 37.3 Å². The lowest BCUT2D eigenvalue weighted by atomic mass is 9.93. The molecule has 9 rings (SSSR count). The molecule has 3 N–H and O–H groups in total. The number of nitrogens with zero attached hydrogens (tertiary/aromatic N) is 3. The number of amides is 1. The minimum absolute atomic E-state index is 0.00436. The second-order valence-electron chi connectivity index (χ2n) is 16.5. The Morgan fingerprint density at radius 3 is 2.30 bits per heavy atom. The molecular weight excluding hydrogens is 922 g/mol. The van der Waals surface area contributed by atoms with Crippen LogP contribution in [0.1, 0.15) is 64.4 Å². The Kier molecular flexibility index (Phi) is 13.0. The van der Waals surface area contributed by atoms with Gasteiger partial charge in [0.25, 0.3) is 10.0 Å². The first kappa shape index (κ1) is 45.0. The van der Waals surface area contributed by atoms with Crippen LogP contribution in [0.2, 0.25) is 10.0 Å². The maximum atomic E-state index is 14.8. The molecule has 0 spiro atoms. The van der Waals surface area contributed by atoms with E-state index in [0.717, 1.165) is 57.2 Å². The molecule has 3 heterocycles. The highest BCUT2D eigenvalue weighted by molar-refractivity contribution is 7.91. The number of carboxylic acids is 1. The summed E-state index contributed by atoms with van der Waals surface area (Å²) in [6.45, 7) is 1.92. The zero-order chi connectivity index (χ0) is 46.1. The van der Waals surface area contributed by atoms with Crippen LogP contribution in [0.15, 0.2) is 107 Å². The SMILES string of the molecule is Cc1nc(NC2CCC2)sc1S(=O)(=O)N1Cc2cc3c(cc2CC1C(=O)N[C@@H](Cc1ccc(-c2ccc(C#N)cc2)cc1)C(=O)O)OC[C@H](c1ccc(OCc2ccc(Cl)c(Cl)c2)cc1)O3. The number of anilines is 1. The Balaban J connectivity index is 0.948. The number of nitriles is 1. The van der Waals surface area contributed by atoms with Crippen LogP contribution in [-0.4, -0.2) is 59.4 Å². The molecule has 66 heavy (non-hydrogen) atoms. The Bertz CT molecular complexity index is 2960. The van der Waals surface area contributed by atoms with E-state index in [0.29, 0.717) is 67.0 Å². The summed E-state index contributed by atoms with van der Waals surface area (Å²) in [5.74, 6) is -0.514. The number of thiazole rings is 1. The molecule has 17 heteroatoms. The summed E-state index contributed by atoms with van der Waals surface area (Å²) in [6, 6.07) is 30.3. The van der Waals surface area contributed by atoms with Gasteiger partial charge in [-0.2, -0.15) is 9.57 Å². The van der Waals surface area contributed by atoms with Crippen LogP contribution >= 0.6 is 34.5 Å². The van der Waals surface area contributed by atoms with Crippen molar-refractivity contribution in [2.75, 3.05) is 11.9 Å². The first-order valence-electron chi connectivity index (χ1n) is 21.3. The maximum absolute atomic E-state index is 14.8. The summed E-state index contributed by atoms with van der Waals surface area (Å²) in [7, 11) is -4.36. The normalized spacial score (nSPS) is 17.4. The van der Waals surface area contributed by atoms with Gasteiger partial charge in [0.05, 0.1) is 27.4 Å².